The van der Waals surface area contributed by atoms with Gasteiger partial charge in [0.2, 0.25) is 5.89 Å². The first-order valence-electron chi connectivity index (χ1n) is 6.50. The van der Waals surface area contributed by atoms with Crippen LogP contribution in [-0.2, 0) is 0 Å². The molecule has 0 bridgehead atoms. The zero-order chi connectivity index (χ0) is 13.4. The van der Waals surface area contributed by atoms with Crippen molar-refractivity contribution in [2.24, 2.45) is 0 Å². The van der Waals surface area contributed by atoms with Crippen molar-refractivity contribution < 1.29 is 14.3 Å². The Bertz CT molecular complexity index is 620. The van der Waals surface area contributed by atoms with Crippen LogP contribution >= 0.6 is 0 Å². The summed E-state index contributed by atoms with van der Waals surface area (Å²) in [4.78, 5) is 17.8. The standard InChI is InChI=1S/C14H16N2O3/c1-16-8-3-2-6-10(16)13-15-12-9(14(17)18)5-4-7-11(12)19-13/h4-5,7,10H,2-3,6,8H2,1H3,(H,17,18). The number of aromatic nitrogens is 1. The molecule has 0 radical (unpaired) electrons. The van der Waals surface area contributed by atoms with Gasteiger partial charge in [0.15, 0.2) is 5.58 Å². The smallest absolute Gasteiger partial charge is 0.338 e. The molecule has 1 N–H and O–H groups in total. The molecule has 1 unspecified atom stereocenters. The molecule has 19 heavy (non-hydrogen) atoms. The first-order valence-corrected chi connectivity index (χ1v) is 6.50. The summed E-state index contributed by atoms with van der Waals surface area (Å²) in [6.45, 7) is 1.02. The molecule has 1 fully saturated rings. The van der Waals surface area contributed by atoms with E-state index < -0.39 is 5.97 Å². The number of carbonyl (C=O) groups is 1. The van der Waals surface area contributed by atoms with Crippen molar-refractivity contribution in [1.82, 2.24) is 9.88 Å². The molecule has 100 valence electrons. The van der Waals surface area contributed by atoms with Crippen LogP contribution in [-0.4, -0.2) is 34.6 Å². The van der Waals surface area contributed by atoms with Crippen molar-refractivity contribution in [2.45, 2.75) is 25.3 Å². The lowest BCUT2D eigenvalue weighted by Gasteiger charge is -2.29. The van der Waals surface area contributed by atoms with Crippen LogP contribution in [0, 0.1) is 0 Å². The quantitative estimate of drug-likeness (QED) is 0.899. The first-order chi connectivity index (χ1) is 9.16. The number of hydrogen-bond donors (Lipinski definition) is 1. The Balaban J connectivity index is 2.06. The average Bonchev–Trinajstić information content (AvgIpc) is 2.82. The topological polar surface area (TPSA) is 66.6 Å². The van der Waals surface area contributed by atoms with Gasteiger partial charge in [0, 0.05) is 0 Å². The molecule has 0 saturated carbocycles. The SMILES string of the molecule is CN1CCCCC1c1nc2c(C(=O)O)cccc2o1. The lowest BCUT2D eigenvalue weighted by atomic mass is 10.0. The molecule has 2 heterocycles. The van der Waals surface area contributed by atoms with Gasteiger partial charge in [0.05, 0.1) is 11.6 Å². The fraction of sp³-hybridized carbons (Fsp3) is 0.429. The number of benzene rings is 1. The van der Waals surface area contributed by atoms with E-state index in [4.69, 9.17) is 9.52 Å². The van der Waals surface area contributed by atoms with Gasteiger partial charge >= 0.3 is 5.97 Å². The summed E-state index contributed by atoms with van der Waals surface area (Å²) in [5.74, 6) is -0.339. The predicted molar refractivity (Wildman–Crippen MR) is 70.2 cm³/mol. The number of piperidine rings is 1. The lowest BCUT2D eigenvalue weighted by molar-refractivity contribution is 0.0699. The minimum Gasteiger partial charge on any atom is -0.478 e. The number of fused-ring (bicyclic) bond motifs is 1. The Morgan fingerprint density at radius 3 is 3.05 bits per heavy atom. The van der Waals surface area contributed by atoms with Crippen molar-refractivity contribution in [3.8, 4) is 0 Å². The summed E-state index contributed by atoms with van der Waals surface area (Å²) in [6.07, 6.45) is 3.35. The van der Waals surface area contributed by atoms with Gasteiger partial charge in [-0.25, -0.2) is 9.78 Å². The van der Waals surface area contributed by atoms with E-state index in [9.17, 15) is 4.79 Å². The number of likely N-dealkylation sites (tertiary alicyclic amines) is 1. The lowest BCUT2D eigenvalue weighted by Crippen LogP contribution is -2.29. The highest BCUT2D eigenvalue weighted by Crippen LogP contribution is 2.31. The third-order valence-corrected chi connectivity index (χ3v) is 3.72. The van der Waals surface area contributed by atoms with E-state index in [1.807, 2.05) is 0 Å². The number of oxazole rings is 1. The minimum atomic E-state index is -0.970. The number of hydrogen-bond acceptors (Lipinski definition) is 4. The molecule has 0 amide bonds. The maximum absolute atomic E-state index is 11.2. The summed E-state index contributed by atoms with van der Waals surface area (Å²) >= 11 is 0. The van der Waals surface area contributed by atoms with Crippen LogP contribution in [0.2, 0.25) is 0 Å². The Hall–Kier alpha value is -1.88. The summed E-state index contributed by atoms with van der Waals surface area (Å²) in [5, 5.41) is 9.16. The molecule has 0 spiro atoms. The molecule has 1 aliphatic rings. The summed E-state index contributed by atoms with van der Waals surface area (Å²) in [7, 11) is 2.05. The number of carboxylic acid groups (broad SMARTS) is 1. The van der Waals surface area contributed by atoms with Crippen molar-refractivity contribution in [3.05, 3.63) is 29.7 Å². The van der Waals surface area contributed by atoms with Crippen molar-refractivity contribution >= 4 is 17.1 Å². The molecule has 1 atom stereocenters. The van der Waals surface area contributed by atoms with Crippen LogP contribution in [0.1, 0.15) is 41.6 Å². The van der Waals surface area contributed by atoms with E-state index in [1.165, 1.54) is 6.42 Å². The van der Waals surface area contributed by atoms with E-state index in [2.05, 4.69) is 16.9 Å². The zero-order valence-electron chi connectivity index (χ0n) is 10.8. The Morgan fingerprint density at radius 1 is 1.47 bits per heavy atom. The van der Waals surface area contributed by atoms with Crippen molar-refractivity contribution in [3.63, 3.8) is 0 Å². The maximum Gasteiger partial charge on any atom is 0.338 e. The fourth-order valence-corrected chi connectivity index (χ4v) is 2.67. The predicted octanol–water partition coefficient (Wildman–Crippen LogP) is 2.68. The van der Waals surface area contributed by atoms with Gasteiger partial charge in [0.1, 0.15) is 5.52 Å². The normalized spacial score (nSPS) is 20.8. The van der Waals surface area contributed by atoms with Gasteiger partial charge in [-0.1, -0.05) is 12.5 Å². The molecule has 1 aromatic carbocycles. The number of rotatable bonds is 2. The molecule has 1 aliphatic heterocycles. The van der Waals surface area contributed by atoms with Crippen LogP contribution in [0.3, 0.4) is 0 Å². The summed E-state index contributed by atoms with van der Waals surface area (Å²) in [6, 6.07) is 5.16. The van der Waals surface area contributed by atoms with Gasteiger partial charge in [-0.2, -0.15) is 0 Å². The second-order valence-corrected chi connectivity index (χ2v) is 5.00. The largest absolute Gasteiger partial charge is 0.478 e. The van der Waals surface area contributed by atoms with Crippen LogP contribution in [0.5, 0.6) is 0 Å². The highest BCUT2D eigenvalue weighted by molar-refractivity contribution is 6.00. The molecule has 1 aromatic heterocycles. The van der Waals surface area contributed by atoms with E-state index in [1.54, 1.807) is 18.2 Å². The summed E-state index contributed by atoms with van der Waals surface area (Å²) < 4.78 is 5.75. The number of para-hydroxylation sites is 1. The number of nitrogens with zero attached hydrogens (tertiary/aromatic N) is 2. The first kappa shape index (κ1) is 12.2. The Morgan fingerprint density at radius 2 is 2.32 bits per heavy atom. The van der Waals surface area contributed by atoms with Crippen LogP contribution in [0.15, 0.2) is 22.6 Å². The van der Waals surface area contributed by atoms with Crippen molar-refractivity contribution in [2.75, 3.05) is 13.6 Å². The van der Waals surface area contributed by atoms with Gasteiger partial charge in [-0.3, -0.25) is 4.90 Å². The number of aromatic carboxylic acids is 1. The van der Waals surface area contributed by atoms with E-state index in [0.29, 0.717) is 17.0 Å². The fourth-order valence-electron chi connectivity index (χ4n) is 2.67. The molecule has 2 aromatic rings. The van der Waals surface area contributed by atoms with E-state index in [0.717, 1.165) is 19.4 Å². The second kappa shape index (κ2) is 4.66. The molecular formula is C14H16N2O3. The summed E-state index contributed by atoms with van der Waals surface area (Å²) in [5.41, 5.74) is 1.20. The van der Waals surface area contributed by atoms with Gasteiger partial charge in [-0.05, 0) is 38.6 Å². The van der Waals surface area contributed by atoms with E-state index in [-0.39, 0.29) is 11.6 Å². The Labute approximate surface area is 110 Å². The average molecular weight is 260 g/mol. The van der Waals surface area contributed by atoms with Crippen LogP contribution < -0.4 is 0 Å². The van der Waals surface area contributed by atoms with Gasteiger partial charge < -0.3 is 9.52 Å². The molecule has 1 saturated heterocycles. The van der Waals surface area contributed by atoms with Gasteiger partial charge in [0.25, 0.3) is 0 Å². The zero-order valence-corrected chi connectivity index (χ0v) is 10.8. The molecule has 3 rings (SSSR count). The minimum absolute atomic E-state index is 0.155. The molecule has 5 heteroatoms. The highest BCUT2D eigenvalue weighted by Gasteiger charge is 2.26. The van der Waals surface area contributed by atoms with Crippen molar-refractivity contribution in [1.29, 1.82) is 0 Å². The Kier molecular flexibility index (Phi) is 2.98. The third-order valence-electron chi connectivity index (χ3n) is 3.72. The third kappa shape index (κ3) is 2.10. The second-order valence-electron chi connectivity index (χ2n) is 5.00. The van der Waals surface area contributed by atoms with Crippen LogP contribution in [0.25, 0.3) is 11.1 Å². The molecule has 0 aliphatic carbocycles. The maximum atomic E-state index is 11.2. The number of carboxylic acids is 1. The molecule has 5 nitrogen and oxygen atoms in total. The van der Waals surface area contributed by atoms with Gasteiger partial charge in [-0.15, -0.1) is 0 Å². The van der Waals surface area contributed by atoms with Crippen LogP contribution in [0.4, 0.5) is 0 Å². The molecular weight excluding hydrogens is 244 g/mol. The highest BCUT2D eigenvalue weighted by atomic mass is 16.4. The van der Waals surface area contributed by atoms with E-state index >= 15 is 0 Å². The monoisotopic (exact) mass is 260 g/mol.